The molecule has 0 aliphatic carbocycles. The Kier molecular flexibility index (Phi) is 10.2. The molecule has 0 unspecified atom stereocenters. The molecule has 0 bridgehead atoms. The van der Waals surface area contributed by atoms with E-state index >= 15 is 0 Å². The van der Waals surface area contributed by atoms with Gasteiger partial charge in [0, 0.05) is 25.0 Å². The maximum Gasteiger partial charge on any atom is 0.290 e. The Labute approximate surface area is 197 Å². The average molecular weight is 478 g/mol. The number of carbonyl (C=O) groups excluding carboxylic acids is 1. The summed E-state index contributed by atoms with van der Waals surface area (Å²) in [5, 5.41) is 25.5. The summed E-state index contributed by atoms with van der Waals surface area (Å²) in [5.41, 5.74) is 1.39. The minimum absolute atomic E-state index is 0.0100. The van der Waals surface area contributed by atoms with Gasteiger partial charge in [-0.25, -0.2) is 0 Å². The standard InChI is InChI=1S/C24H31NO7S/c1-2-31-24-18(7-10-29-12-13-30-11-9-26)19(17-8-14-33-16-17)15-22(32-24)23(28)25-20-5-3-4-6-21(20)27/h3-6,8,14-16,18-19,24,26-27H,2,7,9-13H2,1H3,(H,25,28)/t18-,19+,24+/m0/s1. The number of hydrogen-bond acceptors (Lipinski definition) is 8. The van der Waals surface area contributed by atoms with Crippen molar-refractivity contribution in [2.75, 3.05) is 45.0 Å². The summed E-state index contributed by atoms with van der Waals surface area (Å²) in [6.07, 6.45) is 1.86. The van der Waals surface area contributed by atoms with Gasteiger partial charge < -0.3 is 34.5 Å². The molecule has 0 radical (unpaired) electrons. The van der Waals surface area contributed by atoms with Crippen LogP contribution >= 0.6 is 11.3 Å². The quantitative estimate of drug-likeness (QED) is 0.300. The number of aliphatic hydroxyl groups excluding tert-OH is 1. The van der Waals surface area contributed by atoms with Crippen molar-refractivity contribution in [2.24, 2.45) is 5.92 Å². The number of carbonyl (C=O) groups is 1. The third kappa shape index (κ3) is 7.28. The van der Waals surface area contributed by atoms with E-state index in [4.69, 9.17) is 24.1 Å². The summed E-state index contributed by atoms with van der Waals surface area (Å²) in [5.74, 6) is -0.462. The molecule has 0 fully saturated rings. The molecular formula is C24H31NO7S. The first-order valence-corrected chi connectivity index (χ1v) is 12.0. The lowest BCUT2D eigenvalue weighted by molar-refractivity contribution is -0.166. The fourth-order valence-corrected chi connectivity index (χ4v) is 4.36. The van der Waals surface area contributed by atoms with Crippen molar-refractivity contribution in [3.8, 4) is 5.75 Å². The Morgan fingerprint density at radius 2 is 1.94 bits per heavy atom. The predicted molar refractivity (Wildman–Crippen MR) is 125 cm³/mol. The lowest BCUT2D eigenvalue weighted by Crippen LogP contribution is -2.38. The molecule has 9 heteroatoms. The van der Waals surface area contributed by atoms with Gasteiger partial charge in [0.1, 0.15) is 5.75 Å². The van der Waals surface area contributed by atoms with E-state index in [0.29, 0.717) is 45.1 Å². The van der Waals surface area contributed by atoms with E-state index < -0.39 is 12.2 Å². The third-order valence-electron chi connectivity index (χ3n) is 5.22. The summed E-state index contributed by atoms with van der Waals surface area (Å²) in [7, 11) is 0. The lowest BCUT2D eigenvalue weighted by Gasteiger charge is -2.36. The molecule has 0 saturated heterocycles. The molecule has 2 aromatic rings. The van der Waals surface area contributed by atoms with Crippen molar-refractivity contribution in [2.45, 2.75) is 25.6 Å². The second-order valence-corrected chi connectivity index (χ2v) is 8.21. The van der Waals surface area contributed by atoms with Gasteiger partial charge in [-0.15, -0.1) is 0 Å². The number of amides is 1. The number of allylic oxidation sites excluding steroid dienone is 1. The van der Waals surface area contributed by atoms with E-state index in [1.54, 1.807) is 29.5 Å². The second-order valence-electron chi connectivity index (χ2n) is 7.43. The van der Waals surface area contributed by atoms with Crippen LogP contribution in [0.15, 0.2) is 52.9 Å². The van der Waals surface area contributed by atoms with Crippen LogP contribution in [0.1, 0.15) is 24.8 Å². The molecule has 1 amide bonds. The fraction of sp³-hybridized carbons (Fsp3) is 0.458. The van der Waals surface area contributed by atoms with E-state index in [0.717, 1.165) is 5.56 Å². The van der Waals surface area contributed by atoms with Crippen LogP contribution in [-0.4, -0.2) is 62.1 Å². The minimum Gasteiger partial charge on any atom is -0.506 e. The van der Waals surface area contributed by atoms with Crippen molar-refractivity contribution in [3.63, 3.8) is 0 Å². The number of ether oxygens (including phenoxy) is 4. The van der Waals surface area contributed by atoms with Crippen LogP contribution in [0.5, 0.6) is 5.75 Å². The summed E-state index contributed by atoms with van der Waals surface area (Å²) >= 11 is 1.59. The molecule has 3 N–H and O–H groups in total. The van der Waals surface area contributed by atoms with Crippen LogP contribution in [0.4, 0.5) is 5.69 Å². The van der Waals surface area contributed by atoms with Gasteiger partial charge in [-0.1, -0.05) is 12.1 Å². The van der Waals surface area contributed by atoms with E-state index in [2.05, 4.69) is 10.7 Å². The first-order valence-electron chi connectivity index (χ1n) is 11.0. The molecule has 3 atom stereocenters. The van der Waals surface area contributed by atoms with Crippen LogP contribution in [0.25, 0.3) is 0 Å². The molecule has 0 spiro atoms. The van der Waals surface area contributed by atoms with Crippen molar-refractivity contribution in [1.29, 1.82) is 0 Å². The molecule has 1 aromatic carbocycles. The lowest BCUT2D eigenvalue weighted by atomic mass is 9.82. The highest BCUT2D eigenvalue weighted by atomic mass is 32.1. The van der Waals surface area contributed by atoms with Crippen molar-refractivity contribution in [3.05, 3.63) is 58.5 Å². The van der Waals surface area contributed by atoms with E-state index in [1.807, 2.05) is 24.4 Å². The number of aliphatic hydroxyl groups is 1. The number of phenolic OH excluding ortho intramolecular Hbond substituents is 1. The summed E-state index contributed by atoms with van der Waals surface area (Å²) in [6.45, 7) is 3.93. The predicted octanol–water partition coefficient (Wildman–Crippen LogP) is 3.48. The Balaban J connectivity index is 1.73. The molecule has 3 rings (SSSR count). The van der Waals surface area contributed by atoms with Crippen molar-refractivity contribution >= 4 is 22.9 Å². The number of aromatic hydroxyl groups is 1. The molecule has 1 aliphatic rings. The first kappa shape index (κ1) is 25.2. The molecule has 1 aliphatic heterocycles. The van der Waals surface area contributed by atoms with Crippen LogP contribution < -0.4 is 5.32 Å². The van der Waals surface area contributed by atoms with Gasteiger partial charge in [0.05, 0.1) is 32.1 Å². The zero-order valence-electron chi connectivity index (χ0n) is 18.6. The first-order chi connectivity index (χ1) is 16.1. The number of rotatable bonds is 13. The zero-order chi connectivity index (χ0) is 23.5. The zero-order valence-corrected chi connectivity index (χ0v) is 19.5. The number of thiophene rings is 1. The maximum absolute atomic E-state index is 13.0. The van der Waals surface area contributed by atoms with Gasteiger partial charge in [-0.3, -0.25) is 4.79 Å². The Morgan fingerprint density at radius 3 is 2.64 bits per heavy atom. The van der Waals surface area contributed by atoms with E-state index in [-0.39, 0.29) is 30.0 Å². The van der Waals surface area contributed by atoms with Gasteiger partial charge in [-0.05, 0) is 53.9 Å². The topological polar surface area (TPSA) is 106 Å². The number of phenols is 1. The van der Waals surface area contributed by atoms with Gasteiger partial charge in [0.2, 0.25) is 6.29 Å². The van der Waals surface area contributed by atoms with Crippen LogP contribution in [-0.2, 0) is 23.7 Å². The number of anilines is 1. The van der Waals surface area contributed by atoms with E-state index in [1.165, 1.54) is 6.07 Å². The third-order valence-corrected chi connectivity index (χ3v) is 5.92. The van der Waals surface area contributed by atoms with Gasteiger partial charge in [-0.2, -0.15) is 11.3 Å². The number of para-hydroxylation sites is 2. The molecule has 33 heavy (non-hydrogen) atoms. The van der Waals surface area contributed by atoms with Crippen molar-refractivity contribution < 1.29 is 34.0 Å². The summed E-state index contributed by atoms with van der Waals surface area (Å²) in [4.78, 5) is 13.0. The Bertz CT molecular complexity index is 887. The minimum atomic E-state index is -0.621. The van der Waals surface area contributed by atoms with Gasteiger partial charge >= 0.3 is 0 Å². The highest BCUT2D eigenvalue weighted by Gasteiger charge is 2.38. The number of nitrogens with one attached hydrogen (secondary N) is 1. The summed E-state index contributed by atoms with van der Waals surface area (Å²) < 4.78 is 22.8. The normalized spacial score (nSPS) is 20.2. The average Bonchev–Trinajstić information content (AvgIpc) is 3.35. The van der Waals surface area contributed by atoms with Crippen LogP contribution in [0.2, 0.25) is 0 Å². The maximum atomic E-state index is 13.0. The molecule has 2 heterocycles. The highest BCUT2D eigenvalue weighted by molar-refractivity contribution is 7.08. The number of benzene rings is 1. The van der Waals surface area contributed by atoms with Crippen molar-refractivity contribution in [1.82, 2.24) is 0 Å². The second kappa shape index (κ2) is 13.3. The monoisotopic (exact) mass is 477 g/mol. The molecule has 180 valence electrons. The SMILES string of the molecule is CCO[C@@H]1OC(C(=O)Nc2ccccc2O)=C[C@H](c2ccsc2)[C@@H]1CCOCCOCCO. The largest absolute Gasteiger partial charge is 0.506 e. The highest BCUT2D eigenvalue weighted by Crippen LogP contribution is 2.39. The Morgan fingerprint density at radius 1 is 1.15 bits per heavy atom. The molecular weight excluding hydrogens is 446 g/mol. The van der Waals surface area contributed by atoms with Gasteiger partial charge in [0.25, 0.3) is 5.91 Å². The smallest absolute Gasteiger partial charge is 0.290 e. The fourth-order valence-electron chi connectivity index (χ4n) is 3.65. The number of hydrogen-bond donors (Lipinski definition) is 3. The molecule has 1 aromatic heterocycles. The van der Waals surface area contributed by atoms with Crippen LogP contribution in [0.3, 0.4) is 0 Å². The Hall–Kier alpha value is -2.43. The van der Waals surface area contributed by atoms with Gasteiger partial charge in [0.15, 0.2) is 5.76 Å². The molecule has 0 saturated carbocycles. The summed E-state index contributed by atoms with van der Waals surface area (Å²) in [6, 6.07) is 8.58. The van der Waals surface area contributed by atoms with E-state index in [9.17, 15) is 9.90 Å². The van der Waals surface area contributed by atoms with Crippen LogP contribution in [0, 0.1) is 5.92 Å². The molecule has 8 nitrogen and oxygen atoms in total.